The van der Waals surface area contributed by atoms with Crippen LogP contribution < -0.4 is 20.3 Å². The summed E-state index contributed by atoms with van der Waals surface area (Å²) >= 11 is 0. The largest absolute Gasteiger partial charge is 0.497 e. The molecule has 0 bridgehead atoms. The topological polar surface area (TPSA) is 62.3 Å². The molecule has 3 aromatic carbocycles. The summed E-state index contributed by atoms with van der Waals surface area (Å²) < 4.78 is 5.29. The molecule has 37 heavy (non-hydrogen) atoms. The molecule has 0 atom stereocenters. The van der Waals surface area contributed by atoms with Gasteiger partial charge < -0.3 is 20.3 Å². The van der Waals surface area contributed by atoms with Crippen LogP contribution in [-0.2, 0) is 6.42 Å². The molecule has 5 rings (SSSR count). The molecule has 1 fully saturated rings. The van der Waals surface area contributed by atoms with Crippen molar-refractivity contribution in [2.75, 3.05) is 35.7 Å². The van der Waals surface area contributed by atoms with Gasteiger partial charge in [0, 0.05) is 30.5 Å². The number of methoxy groups -OCH3 is 1. The van der Waals surface area contributed by atoms with Gasteiger partial charge in [0.05, 0.1) is 7.11 Å². The maximum atomic E-state index is 5.29. The number of nitrogens with zero attached hydrogens (tertiary/aromatic N) is 3. The second kappa shape index (κ2) is 11.3. The monoisotopic (exact) mass is 493 g/mol. The van der Waals surface area contributed by atoms with Gasteiger partial charge in [0.1, 0.15) is 17.4 Å². The van der Waals surface area contributed by atoms with E-state index in [2.05, 4.69) is 84.0 Å². The fourth-order valence-corrected chi connectivity index (χ4v) is 4.84. The number of hydrogen-bond donors (Lipinski definition) is 2. The fourth-order valence-electron chi connectivity index (χ4n) is 4.84. The predicted octanol–water partition coefficient (Wildman–Crippen LogP) is 7.05. The molecule has 1 aliphatic heterocycles. The zero-order valence-corrected chi connectivity index (χ0v) is 21.9. The Kier molecular flexibility index (Phi) is 7.54. The first kappa shape index (κ1) is 24.6. The van der Waals surface area contributed by atoms with Crippen LogP contribution in [0.4, 0.5) is 29.0 Å². The van der Waals surface area contributed by atoms with Gasteiger partial charge >= 0.3 is 0 Å². The summed E-state index contributed by atoms with van der Waals surface area (Å²) in [6, 6.07) is 27.1. The average molecular weight is 494 g/mol. The van der Waals surface area contributed by atoms with Crippen LogP contribution in [0.1, 0.15) is 29.5 Å². The van der Waals surface area contributed by atoms with Gasteiger partial charge in [0.25, 0.3) is 0 Å². The third-order valence-corrected chi connectivity index (χ3v) is 7.02. The molecule has 6 heteroatoms. The Morgan fingerprint density at radius 3 is 2.35 bits per heavy atom. The lowest BCUT2D eigenvalue weighted by Crippen LogP contribution is -2.35. The van der Waals surface area contributed by atoms with Gasteiger partial charge in [-0.25, -0.2) is 0 Å². The van der Waals surface area contributed by atoms with Gasteiger partial charge in [-0.15, -0.1) is 0 Å². The minimum Gasteiger partial charge on any atom is -0.497 e. The van der Waals surface area contributed by atoms with E-state index in [0.29, 0.717) is 11.9 Å². The second-order valence-electron chi connectivity index (χ2n) is 9.85. The zero-order chi connectivity index (χ0) is 25.6. The molecule has 2 N–H and O–H groups in total. The van der Waals surface area contributed by atoms with Crippen molar-refractivity contribution in [2.24, 2.45) is 5.92 Å². The highest BCUT2D eigenvalue weighted by Crippen LogP contribution is 2.29. The molecule has 1 saturated heterocycles. The predicted molar refractivity (Wildman–Crippen MR) is 153 cm³/mol. The third kappa shape index (κ3) is 6.39. The number of anilines is 5. The highest BCUT2D eigenvalue weighted by molar-refractivity contribution is 5.66. The summed E-state index contributed by atoms with van der Waals surface area (Å²) in [4.78, 5) is 12.1. The minimum atomic E-state index is 0.571. The molecule has 0 saturated carbocycles. The van der Waals surface area contributed by atoms with Gasteiger partial charge in [-0.2, -0.15) is 9.97 Å². The van der Waals surface area contributed by atoms with Gasteiger partial charge in [-0.3, -0.25) is 0 Å². The molecule has 190 valence electrons. The Labute approximate surface area is 219 Å². The van der Waals surface area contributed by atoms with Crippen molar-refractivity contribution in [1.82, 2.24) is 9.97 Å². The SMILES string of the molecule is COc1ccc(Nc2nc(Nc3cc(C)ccc3C)cc(N3CCC(Cc4ccccc4)CC3)n2)cc1. The van der Waals surface area contributed by atoms with Gasteiger partial charge in [0.2, 0.25) is 5.95 Å². The second-order valence-corrected chi connectivity index (χ2v) is 9.85. The lowest BCUT2D eigenvalue weighted by Gasteiger charge is -2.33. The number of rotatable bonds is 8. The third-order valence-electron chi connectivity index (χ3n) is 7.02. The van der Waals surface area contributed by atoms with E-state index >= 15 is 0 Å². The van der Waals surface area contributed by atoms with Crippen LogP contribution in [0.25, 0.3) is 0 Å². The van der Waals surface area contributed by atoms with Crippen molar-refractivity contribution in [2.45, 2.75) is 33.1 Å². The first-order chi connectivity index (χ1) is 18.1. The van der Waals surface area contributed by atoms with Crippen LogP contribution in [0.3, 0.4) is 0 Å². The maximum absolute atomic E-state index is 5.29. The quantitative estimate of drug-likeness (QED) is 0.274. The molecule has 2 heterocycles. The lowest BCUT2D eigenvalue weighted by molar-refractivity contribution is 0.402. The minimum absolute atomic E-state index is 0.571. The Balaban J connectivity index is 1.36. The number of piperidine rings is 1. The van der Waals surface area contributed by atoms with Gasteiger partial charge in [0.15, 0.2) is 0 Å². The van der Waals surface area contributed by atoms with Crippen LogP contribution >= 0.6 is 0 Å². The number of aromatic nitrogens is 2. The molecule has 0 unspecified atom stereocenters. The fraction of sp³-hybridized carbons (Fsp3) is 0.290. The van der Waals surface area contributed by atoms with E-state index in [1.54, 1.807) is 7.11 Å². The van der Waals surface area contributed by atoms with Crippen molar-refractivity contribution in [1.29, 1.82) is 0 Å². The first-order valence-electron chi connectivity index (χ1n) is 13.0. The van der Waals surface area contributed by atoms with Crippen molar-refractivity contribution in [3.05, 3.63) is 95.6 Å². The van der Waals surface area contributed by atoms with Crippen molar-refractivity contribution < 1.29 is 4.74 Å². The normalized spacial score (nSPS) is 13.9. The Morgan fingerprint density at radius 2 is 1.62 bits per heavy atom. The molecule has 1 aliphatic rings. The first-order valence-corrected chi connectivity index (χ1v) is 13.0. The summed E-state index contributed by atoms with van der Waals surface area (Å²) in [5.74, 6) is 3.81. The van der Waals surface area contributed by atoms with E-state index in [-0.39, 0.29) is 0 Å². The van der Waals surface area contributed by atoms with E-state index in [0.717, 1.165) is 61.1 Å². The summed E-state index contributed by atoms with van der Waals surface area (Å²) in [6.07, 6.45) is 3.45. The van der Waals surface area contributed by atoms with Crippen molar-refractivity contribution in [3.8, 4) is 5.75 Å². The number of nitrogens with one attached hydrogen (secondary N) is 2. The molecule has 6 nitrogen and oxygen atoms in total. The molecular weight excluding hydrogens is 458 g/mol. The van der Waals surface area contributed by atoms with Crippen LogP contribution in [-0.4, -0.2) is 30.2 Å². The highest BCUT2D eigenvalue weighted by atomic mass is 16.5. The molecule has 1 aromatic heterocycles. The van der Waals surface area contributed by atoms with Crippen LogP contribution in [0.15, 0.2) is 78.9 Å². The molecule has 0 spiro atoms. The van der Waals surface area contributed by atoms with E-state index in [1.807, 2.05) is 24.3 Å². The number of aryl methyl sites for hydroxylation is 2. The summed E-state index contributed by atoms with van der Waals surface area (Å²) in [7, 11) is 1.67. The molecule has 0 amide bonds. The summed E-state index contributed by atoms with van der Waals surface area (Å²) in [5, 5.41) is 6.92. The van der Waals surface area contributed by atoms with Crippen LogP contribution in [0.2, 0.25) is 0 Å². The van der Waals surface area contributed by atoms with E-state index in [1.165, 1.54) is 16.7 Å². The van der Waals surface area contributed by atoms with E-state index in [4.69, 9.17) is 14.7 Å². The maximum Gasteiger partial charge on any atom is 0.231 e. The zero-order valence-electron chi connectivity index (χ0n) is 21.9. The molecule has 4 aromatic rings. The number of hydrogen-bond acceptors (Lipinski definition) is 6. The van der Waals surface area contributed by atoms with Crippen molar-refractivity contribution in [3.63, 3.8) is 0 Å². The number of benzene rings is 3. The Hall–Kier alpha value is -4.06. The molecule has 0 radical (unpaired) electrons. The Morgan fingerprint density at radius 1 is 0.865 bits per heavy atom. The molecule has 0 aliphatic carbocycles. The van der Waals surface area contributed by atoms with Gasteiger partial charge in [-0.1, -0.05) is 42.5 Å². The summed E-state index contributed by atoms with van der Waals surface area (Å²) in [5.41, 5.74) is 5.78. The van der Waals surface area contributed by atoms with Crippen molar-refractivity contribution >= 4 is 29.0 Å². The van der Waals surface area contributed by atoms with Crippen LogP contribution in [0, 0.1) is 19.8 Å². The smallest absolute Gasteiger partial charge is 0.231 e. The number of ether oxygens (including phenoxy) is 1. The standard InChI is InChI=1S/C31H35N5O/c1-22-9-10-23(2)28(19-22)33-29-21-30(35-31(34-29)32-26-11-13-27(37-3)14-12-26)36-17-15-25(16-18-36)20-24-7-5-4-6-8-24/h4-14,19,21,25H,15-18,20H2,1-3H3,(H2,32,33,34,35). The Bertz CT molecular complexity index is 1320. The van der Waals surface area contributed by atoms with Gasteiger partial charge in [-0.05, 0) is 86.1 Å². The van der Waals surface area contributed by atoms with Crippen LogP contribution in [0.5, 0.6) is 5.75 Å². The van der Waals surface area contributed by atoms with E-state index in [9.17, 15) is 0 Å². The summed E-state index contributed by atoms with van der Waals surface area (Å²) in [6.45, 7) is 6.18. The lowest BCUT2D eigenvalue weighted by atomic mass is 9.90. The highest BCUT2D eigenvalue weighted by Gasteiger charge is 2.22. The molecular formula is C31H35N5O. The average Bonchev–Trinajstić information content (AvgIpc) is 2.92. The van der Waals surface area contributed by atoms with E-state index < -0.39 is 0 Å².